The van der Waals surface area contributed by atoms with Crippen molar-refractivity contribution < 1.29 is 13.2 Å². The third-order valence-electron chi connectivity index (χ3n) is 4.24. The normalized spacial score (nSPS) is 11.5. The Balaban J connectivity index is 1.98. The number of nitrogen functional groups attached to an aromatic ring is 1. The van der Waals surface area contributed by atoms with E-state index in [0.717, 1.165) is 10.9 Å². The van der Waals surface area contributed by atoms with Gasteiger partial charge in [0, 0.05) is 18.6 Å². The highest BCUT2D eigenvalue weighted by Gasteiger charge is 2.22. The van der Waals surface area contributed by atoms with Crippen LogP contribution < -0.4 is 15.6 Å². The van der Waals surface area contributed by atoms with Crippen molar-refractivity contribution in [3.8, 4) is 0 Å². The number of fused-ring (bicyclic) bond motifs is 1. The van der Waals surface area contributed by atoms with Crippen LogP contribution in [0.5, 0.6) is 0 Å². The number of hydrazine groups is 1. The molecule has 0 aliphatic carbocycles. The van der Waals surface area contributed by atoms with Gasteiger partial charge in [0.15, 0.2) is 0 Å². The SMILES string of the molecule is CCS(=O)(=O)N(Cc1ccc(C(=O)NN)cn1)c1ccc2cnn(C)c2c1. The molecule has 0 saturated carbocycles. The summed E-state index contributed by atoms with van der Waals surface area (Å²) in [4.78, 5) is 15.7. The Kier molecular flexibility index (Phi) is 5.10. The number of hydrogen-bond donors (Lipinski definition) is 2. The van der Waals surface area contributed by atoms with Crippen LogP contribution in [0.15, 0.2) is 42.7 Å². The largest absolute Gasteiger partial charge is 0.290 e. The predicted molar refractivity (Wildman–Crippen MR) is 102 cm³/mol. The number of aryl methyl sites for hydroxylation is 1. The van der Waals surface area contributed by atoms with Gasteiger partial charge in [-0.05, 0) is 37.3 Å². The number of nitrogens with two attached hydrogens (primary N) is 1. The summed E-state index contributed by atoms with van der Waals surface area (Å²) in [7, 11) is -1.74. The Labute approximate surface area is 156 Å². The van der Waals surface area contributed by atoms with E-state index in [0.29, 0.717) is 16.9 Å². The summed E-state index contributed by atoms with van der Waals surface area (Å²) >= 11 is 0. The maximum absolute atomic E-state index is 12.7. The van der Waals surface area contributed by atoms with E-state index in [1.165, 1.54) is 10.5 Å². The van der Waals surface area contributed by atoms with Crippen LogP contribution >= 0.6 is 0 Å². The number of amides is 1. The standard InChI is InChI=1S/C17H20N6O3S/c1-3-27(25,26)23(11-14-6-4-13(9-19-14)17(24)21-18)15-7-5-12-10-20-22(2)16(12)8-15/h4-10H,3,11,18H2,1-2H3,(H,21,24). The first-order valence-corrected chi connectivity index (χ1v) is 9.84. The van der Waals surface area contributed by atoms with E-state index >= 15 is 0 Å². The van der Waals surface area contributed by atoms with Gasteiger partial charge in [-0.25, -0.2) is 14.3 Å². The first kappa shape index (κ1) is 18.8. The summed E-state index contributed by atoms with van der Waals surface area (Å²) in [5.74, 6) is 4.59. The summed E-state index contributed by atoms with van der Waals surface area (Å²) in [5, 5.41) is 5.11. The summed E-state index contributed by atoms with van der Waals surface area (Å²) in [6.45, 7) is 1.64. The molecule has 0 radical (unpaired) electrons. The number of nitrogens with zero attached hydrogens (tertiary/aromatic N) is 4. The molecule has 0 atom stereocenters. The molecular formula is C17H20N6O3S. The van der Waals surface area contributed by atoms with Gasteiger partial charge in [0.05, 0.1) is 41.0 Å². The fourth-order valence-electron chi connectivity index (χ4n) is 2.68. The molecule has 9 nitrogen and oxygen atoms in total. The number of benzene rings is 1. The van der Waals surface area contributed by atoms with Gasteiger partial charge in [-0.3, -0.25) is 24.2 Å². The number of rotatable bonds is 6. The number of sulfonamides is 1. The van der Waals surface area contributed by atoms with E-state index in [1.807, 2.05) is 11.5 Å². The Morgan fingerprint density at radius 2 is 2.04 bits per heavy atom. The zero-order valence-corrected chi connectivity index (χ0v) is 15.8. The predicted octanol–water partition coefficient (Wildman–Crippen LogP) is 0.928. The minimum absolute atomic E-state index is 0.0457. The molecule has 142 valence electrons. The van der Waals surface area contributed by atoms with Crippen molar-refractivity contribution in [1.82, 2.24) is 20.2 Å². The molecule has 0 saturated heterocycles. The van der Waals surface area contributed by atoms with Crippen LogP contribution in [-0.4, -0.2) is 34.8 Å². The van der Waals surface area contributed by atoms with Gasteiger partial charge in [0.25, 0.3) is 5.91 Å². The molecule has 0 unspecified atom stereocenters. The minimum atomic E-state index is -3.54. The van der Waals surface area contributed by atoms with Gasteiger partial charge in [-0.2, -0.15) is 5.10 Å². The molecule has 3 N–H and O–H groups in total. The van der Waals surface area contributed by atoms with Crippen LogP contribution in [0, 0.1) is 0 Å². The van der Waals surface area contributed by atoms with Crippen LogP contribution in [0.2, 0.25) is 0 Å². The average molecular weight is 388 g/mol. The lowest BCUT2D eigenvalue weighted by Crippen LogP contribution is -2.32. The lowest BCUT2D eigenvalue weighted by atomic mass is 10.2. The van der Waals surface area contributed by atoms with E-state index in [2.05, 4.69) is 10.1 Å². The van der Waals surface area contributed by atoms with E-state index in [-0.39, 0.29) is 12.3 Å². The first-order valence-electron chi connectivity index (χ1n) is 8.23. The molecule has 0 bridgehead atoms. The lowest BCUT2D eigenvalue weighted by molar-refractivity contribution is 0.0953. The minimum Gasteiger partial charge on any atom is -0.290 e. The number of pyridine rings is 1. The van der Waals surface area contributed by atoms with Crippen LogP contribution in [0.25, 0.3) is 10.9 Å². The van der Waals surface area contributed by atoms with Crippen LogP contribution in [0.3, 0.4) is 0 Å². The van der Waals surface area contributed by atoms with Crippen molar-refractivity contribution >= 4 is 32.5 Å². The highest BCUT2D eigenvalue weighted by molar-refractivity contribution is 7.92. The molecule has 0 spiro atoms. The number of carbonyl (C=O) groups is 1. The molecule has 2 aromatic heterocycles. The molecule has 27 heavy (non-hydrogen) atoms. The second-order valence-corrected chi connectivity index (χ2v) is 8.11. The number of anilines is 1. The van der Waals surface area contributed by atoms with Gasteiger partial charge in [-0.1, -0.05) is 0 Å². The Hall–Kier alpha value is -2.98. The van der Waals surface area contributed by atoms with Gasteiger partial charge in [-0.15, -0.1) is 0 Å². The molecule has 1 amide bonds. The van der Waals surface area contributed by atoms with Gasteiger partial charge >= 0.3 is 0 Å². The number of aromatic nitrogens is 3. The topological polar surface area (TPSA) is 123 Å². The zero-order valence-electron chi connectivity index (χ0n) is 15.0. The second-order valence-electron chi connectivity index (χ2n) is 5.93. The van der Waals surface area contributed by atoms with Crippen molar-refractivity contribution in [3.63, 3.8) is 0 Å². The van der Waals surface area contributed by atoms with Gasteiger partial charge in [0.1, 0.15) is 0 Å². The fraction of sp³-hybridized carbons (Fsp3) is 0.235. The maximum atomic E-state index is 12.7. The van der Waals surface area contributed by atoms with E-state index in [1.54, 1.807) is 49.1 Å². The number of hydrogen-bond acceptors (Lipinski definition) is 6. The number of nitrogens with one attached hydrogen (secondary N) is 1. The van der Waals surface area contributed by atoms with E-state index in [9.17, 15) is 13.2 Å². The van der Waals surface area contributed by atoms with Gasteiger partial charge < -0.3 is 0 Å². The molecule has 3 rings (SSSR count). The Morgan fingerprint density at radius 1 is 1.26 bits per heavy atom. The summed E-state index contributed by atoms with van der Waals surface area (Å²) in [6, 6.07) is 8.51. The fourth-order valence-corrected chi connectivity index (χ4v) is 3.75. The molecule has 0 aliphatic heterocycles. The van der Waals surface area contributed by atoms with Crippen molar-refractivity contribution in [2.75, 3.05) is 10.1 Å². The molecule has 10 heteroatoms. The first-order chi connectivity index (χ1) is 12.9. The van der Waals surface area contributed by atoms with Crippen molar-refractivity contribution in [2.24, 2.45) is 12.9 Å². The van der Waals surface area contributed by atoms with E-state index < -0.39 is 15.9 Å². The third kappa shape index (κ3) is 3.76. The van der Waals surface area contributed by atoms with Gasteiger partial charge in [0.2, 0.25) is 10.0 Å². The molecule has 1 aromatic carbocycles. The monoisotopic (exact) mass is 388 g/mol. The Bertz CT molecular complexity index is 1080. The maximum Gasteiger partial charge on any atom is 0.266 e. The highest BCUT2D eigenvalue weighted by atomic mass is 32.2. The summed E-state index contributed by atoms with van der Waals surface area (Å²) < 4.78 is 28.4. The third-order valence-corrected chi connectivity index (χ3v) is 5.99. The second kappa shape index (κ2) is 7.33. The van der Waals surface area contributed by atoms with Crippen molar-refractivity contribution in [3.05, 3.63) is 54.0 Å². The molecule has 0 aliphatic rings. The summed E-state index contributed by atoms with van der Waals surface area (Å²) in [5.41, 5.74) is 4.18. The molecular weight excluding hydrogens is 368 g/mol. The van der Waals surface area contributed by atoms with Crippen LogP contribution in [0.1, 0.15) is 23.0 Å². The van der Waals surface area contributed by atoms with E-state index in [4.69, 9.17) is 5.84 Å². The van der Waals surface area contributed by atoms with Crippen molar-refractivity contribution in [1.29, 1.82) is 0 Å². The highest BCUT2D eigenvalue weighted by Crippen LogP contribution is 2.25. The lowest BCUT2D eigenvalue weighted by Gasteiger charge is -2.23. The number of carbonyl (C=O) groups excluding carboxylic acids is 1. The average Bonchev–Trinajstić information content (AvgIpc) is 3.06. The Morgan fingerprint density at radius 3 is 2.67 bits per heavy atom. The smallest absolute Gasteiger partial charge is 0.266 e. The van der Waals surface area contributed by atoms with Crippen LogP contribution in [0.4, 0.5) is 5.69 Å². The molecule has 0 fully saturated rings. The summed E-state index contributed by atoms with van der Waals surface area (Å²) in [6.07, 6.45) is 3.08. The molecule has 2 heterocycles. The zero-order chi connectivity index (χ0) is 19.6. The molecule has 3 aromatic rings. The quantitative estimate of drug-likeness (QED) is 0.368. The van der Waals surface area contributed by atoms with Crippen molar-refractivity contribution in [2.45, 2.75) is 13.5 Å². The van der Waals surface area contributed by atoms with Crippen LogP contribution in [-0.2, 0) is 23.6 Å².